The number of amides is 4. The summed E-state index contributed by atoms with van der Waals surface area (Å²) in [6.07, 6.45) is 2.71. The summed E-state index contributed by atoms with van der Waals surface area (Å²) in [4.78, 5) is 55.9. The second-order valence-corrected chi connectivity index (χ2v) is 10.5. The highest BCUT2D eigenvalue weighted by molar-refractivity contribution is 6.25. The van der Waals surface area contributed by atoms with Crippen LogP contribution in [0.1, 0.15) is 57.5 Å². The van der Waals surface area contributed by atoms with E-state index in [-0.39, 0.29) is 36.3 Å². The largest absolute Gasteiger partial charge is 0.380 e. The quantitative estimate of drug-likeness (QED) is 0.541. The van der Waals surface area contributed by atoms with E-state index >= 15 is 0 Å². The van der Waals surface area contributed by atoms with E-state index in [9.17, 15) is 23.6 Å². The van der Waals surface area contributed by atoms with Crippen LogP contribution in [0.25, 0.3) is 0 Å². The van der Waals surface area contributed by atoms with Gasteiger partial charge in [-0.15, -0.1) is 0 Å². The molecule has 198 valence electrons. The van der Waals surface area contributed by atoms with Crippen LogP contribution in [0.3, 0.4) is 0 Å². The van der Waals surface area contributed by atoms with Gasteiger partial charge in [-0.2, -0.15) is 0 Å². The number of halogens is 1. The summed E-state index contributed by atoms with van der Waals surface area (Å²) < 4.78 is 15.0. The number of hydrogen-bond donors (Lipinski definition) is 2. The molecule has 4 aliphatic rings. The number of nitrogens with zero attached hydrogens (tertiary/aromatic N) is 3. The number of imide groups is 2. The molecule has 3 fully saturated rings. The first kappa shape index (κ1) is 24.7. The van der Waals surface area contributed by atoms with Crippen LogP contribution >= 0.6 is 0 Å². The predicted molar refractivity (Wildman–Crippen MR) is 137 cm³/mol. The minimum absolute atomic E-state index is 0.0565. The van der Waals surface area contributed by atoms with E-state index in [0.29, 0.717) is 23.8 Å². The molecule has 0 aliphatic carbocycles. The molecule has 2 N–H and O–H groups in total. The number of likely N-dealkylation sites (tertiary alicyclic amines) is 2. The first-order valence-corrected chi connectivity index (χ1v) is 13.2. The van der Waals surface area contributed by atoms with Crippen molar-refractivity contribution >= 4 is 29.3 Å². The molecule has 0 radical (unpaired) electrons. The Balaban J connectivity index is 1.10. The maximum atomic E-state index is 15.0. The lowest BCUT2D eigenvalue weighted by atomic mass is 10.0. The van der Waals surface area contributed by atoms with Gasteiger partial charge in [0, 0.05) is 49.9 Å². The van der Waals surface area contributed by atoms with Gasteiger partial charge in [0.05, 0.1) is 11.1 Å². The maximum absolute atomic E-state index is 15.0. The van der Waals surface area contributed by atoms with Gasteiger partial charge in [-0.05, 0) is 56.1 Å². The van der Waals surface area contributed by atoms with Crippen molar-refractivity contribution in [2.45, 2.75) is 50.9 Å². The third-order valence-corrected chi connectivity index (χ3v) is 8.06. The highest BCUT2D eigenvalue weighted by Gasteiger charge is 2.45. The maximum Gasteiger partial charge on any atom is 0.264 e. The molecule has 6 rings (SSSR count). The summed E-state index contributed by atoms with van der Waals surface area (Å²) in [7, 11) is 0. The van der Waals surface area contributed by atoms with Gasteiger partial charge in [-0.25, -0.2) is 4.39 Å². The predicted octanol–water partition coefficient (Wildman–Crippen LogP) is 2.12. The smallest absolute Gasteiger partial charge is 0.264 e. The van der Waals surface area contributed by atoms with Crippen molar-refractivity contribution < 1.29 is 23.6 Å². The Morgan fingerprint density at radius 2 is 1.79 bits per heavy atom. The van der Waals surface area contributed by atoms with Gasteiger partial charge in [0.15, 0.2) is 0 Å². The van der Waals surface area contributed by atoms with E-state index in [4.69, 9.17) is 0 Å². The summed E-state index contributed by atoms with van der Waals surface area (Å²) in [6, 6.07) is 9.67. The molecule has 0 spiro atoms. The Morgan fingerprint density at radius 3 is 2.53 bits per heavy atom. The number of rotatable bonds is 7. The average Bonchev–Trinajstić information content (AvgIpc) is 3.48. The minimum Gasteiger partial charge on any atom is -0.380 e. The van der Waals surface area contributed by atoms with Crippen LogP contribution in [0, 0.1) is 5.82 Å². The van der Waals surface area contributed by atoms with E-state index in [1.54, 1.807) is 24.3 Å². The van der Waals surface area contributed by atoms with Crippen molar-refractivity contribution in [1.82, 2.24) is 20.0 Å². The molecule has 4 amide bonds. The summed E-state index contributed by atoms with van der Waals surface area (Å²) in [5.41, 5.74) is 2.11. The number of carbonyl (C=O) groups excluding carboxylic acids is 4. The molecule has 4 aliphatic heterocycles. The van der Waals surface area contributed by atoms with Gasteiger partial charge in [-0.3, -0.25) is 39.2 Å². The molecule has 2 aromatic rings. The van der Waals surface area contributed by atoms with Gasteiger partial charge in [0.25, 0.3) is 11.8 Å². The molecule has 2 aromatic carbocycles. The summed E-state index contributed by atoms with van der Waals surface area (Å²) in [6.45, 7) is 5.26. The first-order valence-electron chi connectivity index (χ1n) is 13.2. The summed E-state index contributed by atoms with van der Waals surface area (Å²) in [5.74, 6) is -2.57. The van der Waals surface area contributed by atoms with E-state index in [1.807, 2.05) is 6.07 Å². The third kappa shape index (κ3) is 4.48. The van der Waals surface area contributed by atoms with Crippen LogP contribution in [0.2, 0.25) is 0 Å². The highest BCUT2D eigenvalue weighted by Crippen LogP contribution is 2.33. The number of nitrogens with one attached hydrogen (secondary N) is 2. The molecule has 0 saturated carbocycles. The van der Waals surface area contributed by atoms with Gasteiger partial charge in [0.2, 0.25) is 11.8 Å². The zero-order valence-corrected chi connectivity index (χ0v) is 21.0. The van der Waals surface area contributed by atoms with E-state index in [1.165, 1.54) is 32.0 Å². The third-order valence-electron chi connectivity index (χ3n) is 8.06. The second-order valence-electron chi connectivity index (χ2n) is 10.5. The van der Waals surface area contributed by atoms with Crippen LogP contribution in [0.15, 0.2) is 36.4 Å². The lowest BCUT2D eigenvalue weighted by Gasteiger charge is -2.44. The van der Waals surface area contributed by atoms with E-state index in [0.717, 1.165) is 23.6 Å². The van der Waals surface area contributed by atoms with Crippen molar-refractivity contribution in [1.29, 1.82) is 0 Å². The molecule has 3 saturated heterocycles. The Labute approximate surface area is 219 Å². The Morgan fingerprint density at radius 1 is 1.00 bits per heavy atom. The van der Waals surface area contributed by atoms with Crippen LogP contribution in [-0.4, -0.2) is 76.6 Å². The molecule has 38 heavy (non-hydrogen) atoms. The second kappa shape index (κ2) is 9.92. The topological polar surface area (TPSA) is 102 Å². The molecule has 0 bridgehead atoms. The Bertz CT molecular complexity index is 1320. The van der Waals surface area contributed by atoms with Gasteiger partial charge in [0.1, 0.15) is 11.9 Å². The van der Waals surface area contributed by atoms with Crippen molar-refractivity contribution in [3.05, 3.63) is 64.5 Å². The lowest BCUT2D eigenvalue weighted by Crippen LogP contribution is -2.58. The fraction of sp³-hybridized carbons (Fsp3) is 0.429. The molecule has 1 atom stereocenters. The zero-order valence-electron chi connectivity index (χ0n) is 21.0. The molecule has 10 heteroatoms. The Hall–Kier alpha value is -3.63. The van der Waals surface area contributed by atoms with Crippen LogP contribution < -0.4 is 10.6 Å². The van der Waals surface area contributed by atoms with Gasteiger partial charge in [-0.1, -0.05) is 18.2 Å². The first-order chi connectivity index (χ1) is 18.4. The number of benzene rings is 2. The number of hydrogen-bond acceptors (Lipinski definition) is 7. The van der Waals surface area contributed by atoms with Crippen molar-refractivity contribution in [3.8, 4) is 0 Å². The molecule has 0 aromatic heterocycles. The van der Waals surface area contributed by atoms with Crippen LogP contribution in [0.5, 0.6) is 0 Å². The van der Waals surface area contributed by atoms with Crippen molar-refractivity contribution in [3.63, 3.8) is 0 Å². The number of carbonyl (C=O) groups is 4. The molecular weight excluding hydrogens is 489 g/mol. The van der Waals surface area contributed by atoms with E-state index in [2.05, 4.69) is 20.4 Å². The standard InChI is InChI=1S/C28H30FN5O4/c29-21-12-17(14-32-15-19(16-32)33-10-1-2-11-33)6-7-18(21)13-30-22-5-3-4-20-25(22)28(38)34(27(20)37)23-8-9-24(35)31-26(23)36/h3-7,12,19,23,30H,1-2,8-11,13-16H2,(H,31,35,36). The fourth-order valence-electron chi connectivity index (χ4n) is 5.95. The monoisotopic (exact) mass is 519 g/mol. The number of piperidine rings is 1. The molecule has 1 unspecified atom stereocenters. The number of fused-ring (bicyclic) bond motifs is 1. The summed E-state index contributed by atoms with van der Waals surface area (Å²) in [5, 5.41) is 5.30. The fourth-order valence-corrected chi connectivity index (χ4v) is 5.95. The van der Waals surface area contributed by atoms with Gasteiger partial charge >= 0.3 is 0 Å². The van der Waals surface area contributed by atoms with E-state index < -0.39 is 29.7 Å². The van der Waals surface area contributed by atoms with Crippen LogP contribution in [-0.2, 0) is 22.7 Å². The van der Waals surface area contributed by atoms with Gasteiger partial charge < -0.3 is 5.32 Å². The SMILES string of the molecule is O=C1CCC(N2C(=O)c3cccc(NCc4ccc(CN5CC(N6CCCC6)C5)cc4F)c3C2=O)C(=O)N1. The number of anilines is 1. The molecule has 4 heterocycles. The zero-order chi connectivity index (χ0) is 26.4. The molecular formula is C28H30FN5O4. The lowest BCUT2D eigenvalue weighted by molar-refractivity contribution is -0.136. The van der Waals surface area contributed by atoms with Crippen molar-refractivity contribution in [2.24, 2.45) is 0 Å². The minimum atomic E-state index is -1.03. The summed E-state index contributed by atoms with van der Waals surface area (Å²) >= 11 is 0. The average molecular weight is 520 g/mol. The Kier molecular flexibility index (Phi) is 6.45. The highest BCUT2D eigenvalue weighted by atomic mass is 19.1. The van der Waals surface area contributed by atoms with Crippen LogP contribution in [0.4, 0.5) is 10.1 Å². The van der Waals surface area contributed by atoms with Crippen molar-refractivity contribution in [2.75, 3.05) is 31.5 Å². The normalized spacial score (nSPS) is 22.6. The molecule has 9 nitrogen and oxygen atoms in total.